The number of aromatic nitrogens is 1. The second kappa shape index (κ2) is 11.8. The molecular formula is C26H20BrN3O2S2. The van der Waals surface area contributed by atoms with Crippen molar-refractivity contribution in [3.8, 4) is 11.3 Å². The smallest absolute Gasteiger partial charge is 0.248 e. The molecule has 4 rings (SSSR count). The van der Waals surface area contributed by atoms with E-state index >= 15 is 0 Å². The third-order valence-electron chi connectivity index (χ3n) is 4.61. The number of nitrogens with one attached hydrogen (secondary N) is 2. The van der Waals surface area contributed by atoms with Crippen LogP contribution in [0.5, 0.6) is 0 Å². The van der Waals surface area contributed by atoms with Crippen LogP contribution in [0.1, 0.15) is 5.56 Å². The Bertz CT molecular complexity index is 1290. The number of amides is 2. The van der Waals surface area contributed by atoms with Gasteiger partial charge in [0.25, 0.3) is 0 Å². The van der Waals surface area contributed by atoms with Crippen LogP contribution < -0.4 is 10.6 Å². The van der Waals surface area contributed by atoms with Gasteiger partial charge in [-0.05, 0) is 48.0 Å². The van der Waals surface area contributed by atoms with E-state index in [1.54, 1.807) is 6.08 Å². The summed E-state index contributed by atoms with van der Waals surface area (Å²) in [6, 6.07) is 24.9. The van der Waals surface area contributed by atoms with Crippen LogP contribution in [0, 0.1) is 0 Å². The fourth-order valence-electron chi connectivity index (χ4n) is 2.94. The van der Waals surface area contributed by atoms with Crippen molar-refractivity contribution >= 4 is 67.7 Å². The molecule has 2 amide bonds. The molecule has 5 nitrogen and oxygen atoms in total. The SMILES string of the molecule is O=C(/C=C/c1ccccc1)Nc1ccc(SCC(=O)Nc2nc(-c3ccc(Br)cc3)cs2)cc1. The van der Waals surface area contributed by atoms with Crippen LogP contribution in [-0.2, 0) is 9.59 Å². The van der Waals surface area contributed by atoms with E-state index in [1.165, 1.54) is 29.2 Å². The van der Waals surface area contributed by atoms with Gasteiger partial charge >= 0.3 is 0 Å². The van der Waals surface area contributed by atoms with Gasteiger partial charge in [0.1, 0.15) is 0 Å². The fraction of sp³-hybridized carbons (Fsp3) is 0.0385. The molecule has 0 saturated carbocycles. The number of benzene rings is 3. The molecule has 0 fully saturated rings. The Balaban J connectivity index is 1.24. The first-order valence-electron chi connectivity index (χ1n) is 10.3. The third kappa shape index (κ3) is 7.15. The molecule has 1 aromatic heterocycles. The number of thiazole rings is 1. The molecule has 4 aromatic rings. The van der Waals surface area contributed by atoms with Gasteiger partial charge in [0.15, 0.2) is 5.13 Å². The summed E-state index contributed by atoms with van der Waals surface area (Å²) in [4.78, 5) is 29.9. The molecule has 0 aliphatic heterocycles. The Hall–Kier alpha value is -3.20. The number of rotatable bonds is 8. The van der Waals surface area contributed by atoms with Crippen molar-refractivity contribution in [3.63, 3.8) is 0 Å². The van der Waals surface area contributed by atoms with E-state index < -0.39 is 0 Å². The standard InChI is InChI=1S/C26H20BrN3O2S2/c27-20-9-7-19(8-10-20)23-16-34-26(29-23)30-25(32)17-33-22-13-11-21(12-14-22)28-24(31)15-6-18-4-2-1-3-5-18/h1-16H,17H2,(H,28,31)(H,29,30,32)/b15-6+. The molecule has 0 unspecified atom stereocenters. The summed E-state index contributed by atoms with van der Waals surface area (Å²) in [7, 11) is 0. The summed E-state index contributed by atoms with van der Waals surface area (Å²) in [6.07, 6.45) is 3.27. The molecule has 0 aliphatic rings. The van der Waals surface area contributed by atoms with Gasteiger partial charge in [-0.15, -0.1) is 23.1 Å². The van der Waals surface area contributed by atoms with Gasteiger partial charge in [0.05, 0.1) is 11.4 Å². The van der Waals surface area contributed by atoms with Crippen LogP contribution >= 0.6 is 39.0 Å². The Labute approximate surface area is 214 Å². The molecule has 0 bridgehead atoms. The number of thioether (sulfide) groups is 1. The van der Waals surface area contributed by atoms with E-state index in [1.807, 2.05) is 84.2 Å². The molecule has 8 heteroatoms. The zero-order valence-corrected chi connectivity index (χ0v) is 21.1. The molecule has 0 saturated heterocycles. The summed E-state index contributed by atoms with van der Waals surface area (Å²) in [5.41, 5.74) is 3.48. The number of carbonyl (C=O) groups excluding carboxylic acids is 2. The maximum absolute atomic E-state index is 12.3. The van der Waals surface area contributed by atoms with E-state index in [2.05, 4.69) is 31.5 Å². The van der Waals surface area contributed by atoms with Crippen molar-refractivity contribution < 1.29 is 9.59 Å². The number of hydrogen-bond donors (Lipinski definition) is 2. The highest BCUT2D eigenvalue weighted by molar-refractivity contribution is 9.10. The minimum absolute atomic E-state index is 0.120. The van der Waals surface area contributed by atoms with Crippen LogP contribution in [0.2, 0.25) is 0 Å². The molecular weight excluding hydrogens is 530 g/mol. The second-order valence-electron chi connectivity index (χ2n) is 7.14. The lowest BCUT2D eigenvalue weighted by molar-refractivity contribution is -0.114. The van der Waals surface area contributed by atoms with Gasteiger partial charge in [-0.2, -0.15) is 0 Å². The molecule has 0 radical (unpaired) electrons. The fourth-order valence-corrected chi connectivity index (χ4v) is 4.64. The zero-order valence-electron chi connectivity index (χ0n) is 17.9. The number of carbonyl (C=O) groups is 2. The lowest BCUT2D eigenvalue weighted by atomic mass is 10.2. The van der Waals surface area contributed by atoms with Gasteiger partial charge in [-0.3, -0.25) is 9.59 Å². The lowest BCUT2D eigenvalue weighted by Crippen LogP contribution is -2.13. The second-order valence-corrected chi connectivity index (χ2v) is 9.96. The average molecular weight is 551 g/mol. The summed E-state index contributed by atoms with van der Waals surface area (Å²) in [6.45, 7) is 0. The monoisotopic (exact) mass is 549 g/mol. The maximum Gasteiger partial charge on any atom is 0.248 e. The number of nitrogens with zero attached hydrogens (tertiary/aromatic N) is 1. The van der Waals surface area contributed by atoms with Crippen LogP contribution in [-0.4, -0.2) is 22.6 Å². The highest BCUT2D eigenvalue weighted by Crippen LogP contribution is 2.27. The van der Waals surface area contributed by atoms with Crippen LogP contribution in [0.15, 0.2) is 99.7 Å². The first-order valence-corrected chi connectivity index (χ1v) is 13.0. The third-order valence-corrected chi connectivity index (χ3v) is 6.91. The van der Waals surface area contributed by atoms with Crippen molar-refractivity contribution in [2.45, 2.75) is 4.90 Å². The molecule has 34 heavy (non-hydrogen) atoms. The van der Waals surface area contributed by atoms with Crippen LogP contribution in [0.25, 0.3) is 17.3 Å². The van der Waals surface area contributed by atoms with Crippen molar-refractivity contribution in [1.29, 1.82) is 0 Å². The summed E-state index contributed by atoms with van der Waals surface area (Å²) in [5, 5.41) is 8.18. The van der Waals surface area contributed by atoms with Crippen LogP contribution in [0.3, 0.4) is 0 Å². The molecule has 0 spiro atoms. The van der Waals surface area contributed by atoms with Crippen LogP contribution in [0.4, 0.5) is 10.8 Å². The molecule has 2 N–H and O–H groups in total. The predicted octanol–water partition coefficient (Wildman–Crippen LogP) is 6.96. The molecule has 3 aromatic carbocycles. The summed E-state index contributed by atoms with van der Waals surface area (Å²) in [5.74, 6) is -0.0571. The van der Waals surface area contributed by atoms with Gasteiger partial charge < -0.3 is 10.6 Å². The normalized spacial score (nSPS) is 10.9. The van der Waals surface area contributed by atoms with Gasteiger partial charge in [0, 0.05) is 32.1 Å². The molecule has 170 valence electrons. The lowest BCUT2D eigenvalue weighted by Gasteiger charge is -2.05. The summed E-state index contributed by atoms with van der Waals surface area (Å²) >= 11 is 6.24. The highest BCUT2D eigenvalue weighted by Gasteiger charge is 2.09. The molecule has 0 aliphatic carbocycles. The topological polar surface area (TPSA) is 71.1 Å². The van der Waals surface area contributed by atoms with E-state index in [0.717, 1.165) is 26.2 Å². The van der Waals surface area contributed by atoms with E-state index in [0.29, 0.717) is 10.8 Å². The Kier molecular flexibility index (Phi) is 8.30. The van der Waals surface area contributed by atoms with E-state index in [9.17, 15) is 9.59 Å². The molecule has 1 heterocycles. The predicted molar refractivity (Wildman–Crippen MR) is 145 cm³/mol. The largest absolute Gasteiger partial charge is 0.323 e. The Morgan fingerprint density at radius 1 is 0.941 bits per heavy atom. The highest BCUT2D eigenvalue weighted by atomic mass is 79.9. The Morgan fingerprint density at radius 3 is 2.41 bits per heavy atom. The van der Waals surface area contributed by atoms with E-state index in [4.69, 9.17) is 0 Å². The van der Waals surface area contributed by atoms with Gasteiger partial charge in [0.2, 0.25) is 11.8 Å². The number of anilines is 2. The van der Waals surface area contributed by atoms with E-state index in [-0.39, 0.29) is 17.6 Å². The van der Waals surface area contributed by atoms with Crippen molar-refractivity contribution in [2.24, 2.45) is 0 Å². The Morgan fingerprint density at radius 2 is 1.68 bits per heavy atom. The first-order chi connectivity index (χ1) is 16.5. The maximum atomic E-state index is 12.3. The van der Waals surface area contributed by atoms with Crippen molar-refractivity contribution in [2.75, 3.05) is 16.4 Å². The number of halogens is 1. The van der Waals surface area contributed by atoms with Crippen molar-refractivity contribution in [3.05, 3.63) is 100 Å². The van der Waals surface area contributed by atoms with Crippen molar-refractivity contribution in [1.82, 2.24) is 4.98 Å². The average Bonchev–Trinajstić information content (AvgIpc) is 3.32. The minimum Gasteiger partial charge on any atom is -0.323 e. The van der Waals surface area contributed by atoms with Gasteiger partial charge in [-0.1, -0.05) is 58.4 Å². The first kappa shape index (κ1) is 23.9. The summed E-state index contributed by atoms with van der Waals surface area (Å²) < 4.78 is 1.01. The molecule has 0 atom stereocenters. The van der Waals surface area contributed by atoms with Gasteiger partial charge in [-0.25, -0.2) is 4.98 Å². The number of hydrogen-bond acceptors (Lipinski definition) is 5. The quantitative estimate of drug-likeness (QED) is 0.184. The zero-order chi connectivity index (χ0) is 23.8. The minimum atomic E-state index is -0.199.